The lowest BCUT2D eigenvalue weighted by Crippen LogP contribution is -1.89. The third-order valence-corrected chi connectivity index (χ3v) is 3.71. The normalized spacial score (nSPS) is 11.2. The zero-order chi connectivity index (χ0) is 15.1. The molecule has 0 spiro atoms. The zero-order valence-corrected chi connectivity index (χ0v) is 12.2. The van der Waals surface area contributed by atoms with E-state index in [4.69, 9.17) is 13.9 Å². The van der Waals surface area contributed by atoms with E-state index >= 15 is 0 Å². The average Bonchev–Trinajstić information content (AvgIpc) is 3.18. The van der Waals surface area contributed by atoms with Gasteiger partial charge in [-0.1, -0.05) is 0 Å². The molecule has 5 heteroatoms. The Hall–Kier alpha value is -2.95. The molecule has 110 valence electrons. The van der Waals surface area contributed by atoms with E-state index in [1.54, 1.807) is 20.5 Å². The second-order valence-electron chi connectivity index (χ2n) is 4.98. The van der Waals surface area contributed by atoms with Gasteiger partial charge in [0.05, 0.1) is 31.5 Å². The van der Waals surface area contributed by atoms with Crippen LogP contribution in [0.3, 0.4) is 0 Å². The van der Waals surface area contributed by atoms with Crippen molar-refractivity contribution >= 4 is 22.0 Å². The highest BCUT2D eigenvalue weighted by atomic mass is 16.5. The Morgan fingerprint density at radius 3 is 2.64 bits per heavy atom. The van der Waals surface area contributed by atoms with Crippen LogP contribution >= 0.6 is 0 Å². The number of imidazole rings is 1. The number of benzene rings is 2. The number of nitrogens with zero attached hydrogens (tertiary/aromatic N) is 1. The van der Waals surface area contributed by atoms with Gasteiger partial charge in [-0.05, 0) is 24.3 Å². The fourth-order valence-electron chi connectivity index (χ4n) is 2.59. The van der Waals surface area contributed by atoms with Gasteiger partial charge in [-0.2, -0.15) is 0 Å². The molecule has 0 aliphatic heterocycles. The third-order valence-electron chi connectivity index (χ3n) is 3.71. The number of methoxy groups -OCH3 is 2. The van der Waals surface area contributed by atoms with Gasteiger partial charge in [0.1, 0.15) is 11.4 Å². The lowest BCUT2D eigenvalue weighted by molar-refractivity contribution is 0.356. The van der Waals surface area contributed by atoms with Crippen molar-refractivity contribution in [3.63, 3.8) is 0 Å². The van der Waals surface area contributed by atoms with Crippen molar-refractivity contribution in [2.45, 2.75) is 0 Å². The van der Waals surface area contributed by atoms with Gasteiger partial charge in [0.2, 0.25) is 0 Å². The summed E-state index contributed by atoms with van der Waals surface area (Å²) in [6.07, 6.45) is 1.68. The van der Waals surface area contributed by atoms with Crippen molar-refractivity contribution in [2.75, 3.05) is 14.2 Å². The molecule has 0 atom stereocenters. The molecule has 0 saturated carbocycles. The Bertz CT molecular complexity index is 928. The van der Waals surface area contributed by atoms with E-state index in [1.165, 1.54) is 0 Å². The first-order chi connectivity index (χ1) is 10.8. The lowest BCUT2D eigenvalue weighted by Gasteiger charge is -2.06. The van der Waals surface area contributed by atoms with E-state index < -0.39 is 0 Å². The van der Waals surface area contributed by atoms with E-state index in [-0.39, 0.29) is 0 Å². The molecular formula is C17H14N2O3. The van der Waals surface area contributed by atoms with E-state index in [1.807, 2.05) is 36.4 Å². The van der Waals surface area contributed by atoms with Gasteiger partial charge in [0.25, 0.3) is 0 Å². The number of hydrogen-bond donors (Lipinski definition) is 1. The number of fused-ring (bicyclic) bond motifs is 2. The highest BCUT2D eigenvalue weighted by Crippen LogP contribution is 2.33. The van der Waals surface area contributed by atoms with Crippen molar-refractivity contribution < 1.29 is 13.9 Å². The largest absolute Gasteiger partial charge is 0.493 e. The Labute approximate surface area is 126 Å². The number of aromatic nitrogens is 2. The molecule has 0 amide bonds. The zero-order valence-electron chi connectivity index (χ0n) is 12.2. The molecule has 2 heterocycles. The molecule has 2 aromatic carbocycles. The molecule has 22 heavy (non-hydrogen) atoms. The van der Waals surface area contributed by atoms with E-state index in [0.717, 1.165) is 33.4 Å². The maximum atomic E-state index is 5.36. The predicted molar refractivity (Wildman–Crippen MR) is 84.4 cm³/mol. The molecule has 0 saturated heterocycles. The number of H-pyrrole nitrogens is 1. The van der Waals surface area contributed by atoms with Crippen molar-refractivity contribution in [3.8, 4) is 22.9 Å². The molecule has 2 aromatic heterocycles. The van der Waals surface area contributed by atoms with Crippen molar-refractivity contribution in [3.05, 3.63) is 42.7 Å². The summed E-state index contributed by atoms with van der Waals surface area (Å²) in [6.45, 7) is 0. The van der Waals surface area contributed by atoms with Crippen LogP contribution in [0.15, 0.2) is 47.1 Å². The summed E-state index contributed by atoms with van der Waals surface area (Å²) < 4.78 is 16.0. The van der Waals surface area contributed by atoms with Crippen LogP contribution < -0.4 is 9.47 Å². The number of nitrogens with one attached hydrogen (secondary N) is 1. The highest BCUT2D eigenvalue weighted by molar-refractivity contribution is 5.86. The lowest BCUT2D eigenvalue weighted by atomic mass is 10.1. The van der Waals surface area contributed by atoms with Crippen LogP contribution in [0.2, 0.25) is 0 Å². The quantitative estimate of drug-likeness (QED) is 0.620. The third kappa shape index (κ3) is 1.90. The Balaban J connectivity index is 1.87. The second-order valence-corrected chi connectivity index (χ2v) is 4.98. The SMILES string of the molecule is COc1cc2nc(-c3ccc4occc4c3)[nH]c2cc1OC. The van der Waals surface area contributed by atoms with E-state index in [9.17, 15) is 0 Å². The van der Waals surface area contributed by atoms with Gasteiger partial charge in [-0.15, -0.1) is 0 Å². The topological polar surface area (TPSA) is 60.3 Å². The monoisotopic (exact) mass is 294 g/mol. The van der Waals surface area contributed by atoms with Crippen molar-refractivity contribution in [1.29, 1.82) is 0 Å². The fraction of sp³-hybridized carbons (Fsp3) is 0.118. The van der Waals surface area contributed by atoms with Gasteiger partial charge in [0, 0.05) is 23.1 Å². The van der Waals surface area contributed by atoms with Gasteiger partial charge < -0.3 is 18.9 Å². The highest BCUT2D eigenvalue weighted by Gasteiger charge is 2.11. The maximum absolute atomic E-state index is 5.36. The van der Waals surface area contributed by atoms with Crippen LogP contribution in [-0.4, -0.2) is 24.2 Å². The molecule has 4 rings (SSSR count). The fourth-order valence-corrected chi connectivity index (χ4v) is 2.59. The van der Waals surface area contributed by atoms with Gasteiger partial charge in [-0.3, -0.25) is 0 Å². The molecule has 0 aliphatic rings. The number of ether oxygens (including phenoxy) is 2. The number of aromatic amines is 1. The summed E-state index contributed by atoms with van der Waals surface area (Å²) >= 11 is 0. The van der Waals surface area contributed by atoms with E-state index in [2.05, 4.69) is 9.97 Å². The van der Waals surface area contributed by atoms with E-state index in [0.29, 0.717) is 11.5 Å². The van der Waals surface area contributed by atoms with Crippen molar-refractivity contribution in [1.82, 2.24) is 9.97 Å². The van der Waals surface area contributed by atoms with Crippen LogP contribution in [0.1, 0.15) is 0 Å². The van der Waals surface area contributed by atoms with Crippen LogP contribution in [0, 0.1) is 0 Å². The molecule has 0 radical (unpaired) electrons. The second kappa shape index (κ2) is 4.80. The summed E-state index contributed by atoms with van der Waals surface area (Å²) in [5.74, 6) is 2.14. The van der Waals surface area contributed by atoms with Gasteiger partial charge >= 0.3 is 0 Å². The van der Waals surface area contributed by atoms with Gasteiger partial charge in [0.15, 0.2) is 11.5 Å². The first kappa shape index (κ1) is 12.8. The standard InChI is InChI=1S/C17H14N2O3/c1-20-15-8-12-13(9-16(15)21-2)19-17(18-12)11-3-4-14-10(7-11)5-6-22-14/h3-9H,1-2H3,(H,18,19). The smallest absolute Gasteiger partial charge is 0.163 e. The Morgan fingerprint density at radius 1 is 1.00 bits per heavy atom. The van der Waals surface area contributed by atoms with Crippen LogP contribution in [-0.2, 0) is 0 Å². The number of rotatable bonds is 3. The van der Waals surface area contributed by atoms with Gasteiger partial charge in [-0.25, -0.2) is 4.98 Å². The number of furan rings is 1. The summed E-state index contributed by atoms with van der Waals surface area (Å²) in [4.78, 5) is 7.95. The van der Waals surface area contributed by atoms with Crippen LogP contribution in [0.4, 0.5) is 0 Å². The molecule has 0 bridgehead atoms. The summed E-state index contributed by atoms with van der Waals surface area (Å²) in [6, 6.07) is 11.7. The minimum absolute atomic E-state index is 0.665. The first-order valence-electron chi connectivity index (χ1n) is 6.88. The molecule has 5 nitrogen and oxygen atoms in total. The summed E-state index contributed by atoms with van der Waals surface area (Å²) in [7, 11) is 3.23. The van der Waals surface area contributed by atoms with Crippen LogP contribution in [0.25, 0.3) is 33.4 Å². The molecule has 4 aromatic rings. The molecular weight excluding hydrogens is 280 g/mol. The summed E-state index contributed by atoms with van der Waals surface area (Å²) in [5.41, 5.74) is 3.60. The van der Waals surface area contributed by atoms with Crippen molar-refractivity contribution in [2.24, 2.45) is 0 Å². The Morgan fingerprint density at radius 2 is 1.82 bits per heavy atom. The first-order valence-corrected chi connectivity index (χ1v) is 6.88. The molecule has 0 fully saturated rings. The minimum atomic E-state index is 0.665. The van der Waals surface area contributed by atoms with Crippen LogP contribution in [0.5, 0.6) is 11.5 Å². The average molecular weight is 294 g/mol. The summed E-state index contributed by atoms with van der Waals surface area (Å²) in [5, 5.41) is 1.05. The Kier molecular flexibility index (Phi) is 2.79. The molecule has 0 unspecified atom stereocenters. The maximum Gasteiger partial charge on any atom is 0.163 e. The predicted octanol–water partition coefficient (Wildman–Crippen LogP) is 3.99. The minimum Gasteiger partial charge on any atom is -0.493 e. The molecule has 0 aliphatic carbocycles. The molecule has 1 N–H and O–H groups in total. The number of hydrogen-bond acceptors (Lipinski definition) is 4.